The Morgan fingerprint density at radius 2 is 1.95 bits per heavy atom. The molecule has 2 fully saturated rings. The summed E-state index contributed by atoms with van der Waals surface area (Å²) in [5.41, 5.74) is 6.13. The van der Waals surface area contributed by atoms with E-state index in [-0.39, 0.29) is 0 Å². The number of nitrogens with two attached hydrogens (primary N) is 1. The molecule has 2 heterocycles. The van der Waals surface area contributed by atoms with Crippen LogP contribution >= 0.6 is 0 Å². The van der Waals surface area contributed by atoms with Crippen molar-refractivity contribution in [1.82, 2.24) is 10.1 Å². The number of hydrogen-bond donors (Lipinski definition) is 1. The minimum Gasteiger partial charge on any atom is -0.338 e. The van der Waals surface area contributed by atoms with Gasteiger partial charge in [-0.05, 0) is 56.0 Å². The fraction of sp³-hybridized carbons (Fsp3) is 0.867. The number of nitrogens with zero attached hydrogens (tertiary/aromatic N) is 3. The van der Waals surface area contributed by atoms with Crippen molar-refractivity contribution in [3.63, 3.8) is 0 Å². The van der Waals surface area contributed by atoms with Gasteiger partial charge in [0, 0.05) is 13.1 Å². The van der Waals surface area contributed by atoms with Gasteiger partial charge in [-0.2, -0.15) is 4.98 Å². The van der Waals surface area contributed by atoms with Crippen LogP contribution in [-0.4, -0.2) is 23.2 Å². The van der Waals surface area contributed by atoms with Gasteiger partial charge in [-0.3, -0.25) is 0 Å². The van der Waals surface area contributed by atoms with Crippen molar-refractivity contribution < 1.29 is 4.52 Å². The lowest BCUT2D eigenvalue weighted by Gasteiger charge is -2.33. The van der Waals surface area contributed by atoms with Gasteiger partial charge < -0.3 is 15.2 Å². The monoisotopic (exact) mass is 278 g/mol. The number of hydrogen-bond acceptors (Lipinski definition) is 5. The highest BCUT2D eigenvalue weighted by Gasteiger charge is 2.38. The Balaban J connectivity index is 1.69. The molecule has 5 nitrogen and oxygen atoms in total. The molecule has 0 spiro atoms. The number of aromatic nitrogens is 2. The van der Waals surface area contributed by atoms with Crippen LogP contribution in [-0.2, 0) is 5.54 Å². The van der Waals surface area contributed by atoms with Gasteiger partial charge >= 0.3 is 0 Å². The predicted octanol–water partition coefficient (Wildman–Crippen LogP) is 2.81. The standard InChI is InChI=1S/C15H26N4O/c1-2-12-6-8-15(16,9-7-12)13-17-14(18-20-13)19-10-4-3-5-11-19/h12H,2-11,16H2,1H3. The SMILES string of the molecule is CCC1CCC(N)(c2nc(N3CCCCC3)no2)CC1. The molecular weight excluding hydrogens is 252 g/mol. The predicted molar refractivity (Wildman–Crippen MR) is 78.5 cm³/mol. The van der Waals surface area contributed by atoms with E-state index in [1.54, 1.807) is 0 Å². The minimum atomic E-state index is -0.396. The van der Waals surface area contributed by atoms with E-state index in [2.05, 4.69) is 22.0 Å². The van der Waals surface area contributed by atoms with E-state index in [1.807, 2.05) is 0 Å². The largest absolute Gasteiger partial charge is 0.338 e. The van der Waals surface area contributed by atoms with E-state index in [1.165, 1.54) is 38.5 Å². The van der Waals surface area contributed by atoms with Crippen LogP contribution in [0.2, 0.25) is 0 Å². The van der Waals surface area contributed by atoms with Crippen molar-refractivity contribution in [2.45, 2.75) is 63.8 Å². The van der Waals surface area contributed by atoms with Gasteiger partial charge in [0.2, 0.25) is 5.89 Å². The fourth-order valence-electron chi connectivity index (χ4n) is 3.46. The molecule has 1 aromatic rings. The van der Waals surface area contributed by atoms with Crippen LogP contribution in [0.15, 0.2) is 4.52 Å². The summed E-state index contributed by atoms with van der Waals surface area (Å²) in [7, 11) is 0. The molecule has 20 heavy (non-hydrogen) atoms. The first-order chi connectivity index (χ1) is 9.71. The van der Waals surface area contributed by atoms with Crippen molar-refractivity contribution in [3.05, 3.63) is 5.89 Å². The molecule has 1 saturated carbocycles. The molecule has 2 aliphatic rings. The topological polar surface area (TPSA) is 68.2 Å². The van der Waals surface area contributed by atoms with E-state index in [0.717, 1.165) is 37.8 Å². The summed E-state index contributed by atoms with van der Waals surface area (Å²) in [6.07, 6.45) is 9.27. The summed E-state index contributed by atoms with van der Waals surface area (Å²) < 4.78 is 5.50. The zero-order chi connectivity index (χ0) is 14.0. The Morgan fingerprint density at radius 3 is 2.60 bits per heavy atom. The highest BCUT2D eigenvalue weighted by molar-refractivity contribution is 5.29. The average molecular weight is 278 g/mol. The molecular formula is C15H26N4O. The van der Waals surface area contributed by atoms with Gasteiger partial charge in [-0.25, -0.2) is 0 Å². The molecule has 1 saturated heterocycles. The molecule has 0 radical (unpaired) electrons. The zero-order valence-electron chi connectivity index (χ0n) is 12.5. The maximum absolute atomic E-state index is 6.53. The second-order valence-corrected chi connectivity index (χ2v) is 6.46. The highest BCUT2D eigenvalue weighted by Crippen LogP contribution is 2.38. The normalized spacial score (nSPS) is 31.5. The van der Waals surface area contributed by atoms with Crippen LogP contribution in [0.25, 0.3) is 0 Å². The summed E-state index contributed by atoms with van der Waals surface area (Å²) in [5.74, 6) is 2.20. The summed E-state index contributed by atoms with van der Waals surface area (Å²) in [6, 6.07) is 0. The third-order valence-electron chi connectivity index (χ3n) is 5.05. The first-order valence-corrected chi connectivity index (χ1v) is 8.09. The average Bonchev–Trinajstić information content (AvgIpc) is 3.00. The smallest absolute Gasteiger partial charge is 0.266 e. The lowest BCUT2D eigenvalue weighted by atomic mass is 9.76. The van der Waals surface area contributed by atoms with Crippen molar-refractivity contribution in [1.29, 1.82) is 0 Å². The van der Waals surface area contributed by atoms with Gasteiger partial charge in [-0.1, -0.05) is 13.3 Å². The maximum Gasteiger partial charge on any atom is 0.266 e. The van der Waals surface area contributed by atoms with Gasteiger partial charge in [0.05, 0.1) is 5.54 Å². The molecule has 0 aromatic carbocycles. The van der Waals surface area contributed by atoms with E-state index in [4.69, 9.17) is 10.3 Å². The first kappa shape index (κ1) is 13.9. The quantitative estimate of drug-likeness (QED) is 0.920. The van der Waals surface area contributed by atoms with Crippen molar-refractivity contribution in [2.75, 3.05) is 18.0 Å². The fourth-order valence-corrected chi connectivity index (χ4v) is 3.46. The van der Waals surface area contributed by atoms with Gasteiger partial charge in [-0.15, -0.1) is 0 Å². The molecule has 0 atom stereocenters. The minimum absolute atomic E-state index is 0.396. The highest BCUT2D eigenvalue weighted by atomic mass is 16.5. The van der Waals surface area contributed by atoms with Crippen LogP contribution < -0.4 is 10.6 Å². The van der Waals surface area contributed by atoms with Gasteiger partial charge in [0.25, 0.3) is 5.95 Å². The lowest BCUT2D eigenvalue weighted by Crippen LogP contribution is -2.41. The van der Waals surface area contributed by atoms with E-state index in [0.29, 0.717) is 5.89 Å². The van der Waals surface area contributed by atoms with Crippen LogP contribution in [0.4, 0.5) is 5.95 Å². The second-order valence-electron chi connectivity index (χ2n) is 6.46. The molecule has 3 rings (SSSR count). The molecule has 2 N–H and O–H groups in total. The molecule has 5 heteroatoms. The third kappa shape index (κ3) is 2.68. The summed E-state index contributed by atoms with van der Waals surface area (Å²) in [5, 5.41) is 4.16. The molecule has 1 aliphatic carbocycles. The molecule has 1 aromatic heterocycles. The summed E-state index contributed by atoms with van der Waals surface area (Å²) in [4.78, 5) is 6.82. The van der Waals surface area contributed by atoms with Crippen molar-refractivity contribution >= 4 is 5.95 Å². The number of anilines is 1. The van der Waals surface area contributed by atoms with Gasteiger partial charge in [0.15, 0.2) is 0 Å². The van der Waals surface area contributed by atoms with Crippen molar-refractivity contribution in [2.24, 2.45) is 11.7 Å². The summed E-state index contributed by atoms with van der Waals surface area (Å²) >= 11 is 0. The Hall–Kier alpha value is -1.10. The van der Waals surface area contributed by atoms with Gasteiger partial charge in [0.1, 0.15) is 0 Å². The molecule has 1 aliphatic heterocycles. The van der Waals surface area contributed by atoms with Crippen LogP contribution in [0, 0.1) is 5.92 Å². The van der Waals surface area contributed by atoms with Crippen LogP contribution in [0.3, 0.4) is 0 Å². The molecule has 0 unspecified atom stereocenters. The van der Waals surface area contributed by atoms with Crippen LogP contribution in [0.5, 0.6) is 0 Å². The first-order valence-electron chi connectivity index (χ1n) is 8.09. The molecule has 112 valence electrons. The second kappa shape index (κ2) is 5.72. The number of piperidine rings is 1. The number of rotatable bonds is 3. The Kier molecular flexibility index (Phi) is 3.96. The third-order valence-corrected chi connectivity index (χ3v) is 5.05. The lowest BCUT2D eigenvalue weighted by molar-refractivity contribution is 0.181. The van der Waals surface area contributed by atoms with E-state index >= 15 is 0 Å². The molecule has 0 bridgehead atoms. The van der Waals surface area contributed by atoms with Crippen molar-refractivity contribution in [3.8, 4) is 0 Å². The zero-order valence-corrected chi connectivity index (χ0v) is 12.5. The molecule has 0 amide bonds. The Bertz CT molecular complexity index is 431. The summed E-state index contributed by atoms with van der Waals surface area (Å²) in [6.45, 7) is 4.33. The van der Waals surface area contributed by atoms with E-state index < -0.39 is 5.54 Å². The van der Waals surface area contributed by atoms with E-state index in [9.17, 15) is 0 Å². The Labute approximate surface area is 120 Å². The van der Waals surface area contributed by atoms with Crippen LogP contribution in [0.1, 0.15) is 64.2 Å². The Morgan fingerprint density at radius 1 is 1.25 bits per heavy atom. The maximum atomic E-state index is 6.53.